The van der Waals surface area contributed by atoms with Gasteiger partial charge in [0.25, 0.3) is 0 Å². The minimum atomic E-state index is 0. The van der Waals surface area contributed by atoms with Gasteiger partial charge in [-0.05, 0) is 0 Å². The van der Waals surface area contributed by atoms with Crippen LogP contribution in [-0.2, 0) is 85.3 Å². The second-order valence-corrected chi connectivity index (χ2v) is 0. The zero-order chi connectivity index (χ0) is 0. The Labute approximate surface area is 136 Å². The Balaban J connectivity index is 0. The summed E-state index contributed by atoms with van der Waals surface area (Å²) in [5, 5.41) is 0. The van der Waals surface area contributed by atoms with Gasteiger partial charge in [-0.3, -0.25) is 0 Å². The van der Waals surface area contributed by atoms with E-state index in [4.69, 9.17) is 0 Å². The molecule has 0 heterocycles. The van der Waals surface area contributed by atoms with Crippen LogP contribution >= 0.6 is 0 Å². The van der Waals surface area contributed by atoms with E-state index in [1.165, 1.54) is 0 Å². The van der Waals surface area contributed by atoms with Gasteiger partial charge in [-0.15, -0.1) is 0 Å². The van der Waals surface area contributed by atoms with E-state index in [2.05, 4.69) is 0 Å². The van der Waals surface area contributed by atoms with Crippen LogP contribution in [0.5, 0.6) is 0 Å². The summed E-state index contributed by atoms with van der Waals surface area (Å²) in [4.78, 5) is 0. The van der Waals surface area contributed by atoms with E-state index in [1.54, 1.807) is 0 Å². The quantitative estimate of drug-likeness (QED) is 0.269. The number of hydrogen-bond donors (Lipinski definition) is 0. The molecule has 0 saturated carbocycles. The van der Waals surface area contributed by atoms with E-state index in [1.807, 2.05) is 0 Å². The molecule has 0 aliphatic heterocycles. The molecule has 0 unspecified atom stereocenters. The van der Waals surface area contributed by atoms with Gasteiger partial charge in [0, 0.05) is 85.3 Å². The van der Waals surface area contributed by atoms with Crippen molar-refractivity contribution in [3.05, 3.63) is 0 Å². The molecule has 0 rings (SSSR count). The van der Waals surface area contributed by atoms with E-state index < -0.39 is 0 Å². The maximum absolute atomic E-state index is 0. The molecule has 0 saturated heterocycles. The summed E-state index contributed by atoms with van der Waals surface area (Å²) in [5.74, 6) is 0. The Kier molecular flexibility index (Phi) is 709. The summed E-state index contributed by atoms with van der Waals surface area (Å²) >= 11 is 0. The molecule has 0 fully saturated rings. The molecule has 8 heteroatoms. The molecule has 0 nitrogen and oxygen atoms in total. The molecule has 0 aliphatic rings. The van der Waals surface area contributed by atoms with Crippen LogP contribution in [0.3, 0.4) is 0 Å². The molecule has 8 heavy (non-hydrogen) atoms. The third-order valence-corrected chi connectivity index (χ3v) is 0. The van der Waals surface area contributed by atoms with Crippen LogP contribution in [0, 0.1) is 0 Å². The number of hydrogen-bond acceptors (Lipinski definition) is 0. The third-order valence-electron chi connectivity index (χ3n) is 0. The van der Waals surface area contributed by atoms with Crippen molar-refractivity contribution in [3.63, 3.8) is 0 Å². The van der Waals surface area contributed by atoms with E-state index in [0.29, 0.717) is 0 Å². The fourth-order valence-corrected chi connectivity index (χ4v) is 0. The molecule has 0 spiro atoms. The first-order valence-electron chi connectivity index (χ1n) is 0. The number of rotatable bonds is 0. The van der Waals surface area contributed by atoms with Crippen LogP contribution in [-0.4, -0.2) is 52.8 Å². The Morgan fingerprint density at radius 3 is 0.250 bits per heavy atom. The second-order valence-electron chi connectivity index (χ2n) is 0. The van der Waals surface area contributed by atoms with Crippen molar-refractivity contribution in [3.8, 4) is 0 Å². The van der Waals surface area contributed by atoms with Crippen LogP contribution in [0.15, 0.2) is 0 Å². The van der Waals surface area contributed by atoms with Crippen molar-refractivity contribution in [2.24, 2.45) is 0 Å². The standard InChI is InChI=1S/5Cu.3GeH4/h;;;;;3*1H4. The van der Waals surface area contributed by atoms with E-state index in [9.17, 15) is 0 Å². The van der Waals surface area contributed by atoms with E-state index in [0.717, 1.165) is 0 Å². The molecular weight excluding hydrogens is 536 g/mol. The minimum absolute atomic E-state index is 0. The van der Waals surface area contributed by atoms with Crippen molar-refractivity contribution in [1.29, 1.82) is 0 Å². The first-order valence-corrected chi connectivity index (χ1v) is 0. The third kappa shape index (κ3) is 48.7. The first kappa shape index (κ1) is 86.3. The zero-order valence-corrected chi connectivity index (χ0v) is 6.22. The predicted octanol–water partition coefficient (Wildman–Crippen LogP) is -4.37. The van der Waals surface area contributed by atoms with Crippen LogP contribution < -0.4 is 0 Å². The first-order chi connectivity index (χ1) is 0. The second kappa shape index (κ2) is 65.7. The molecule has 79 valence electrons. The summed E-state index contributed by atoms with van der Waals surface area (Å²) in [5.41, 5.74) is 0. The average Bonchev–Trinajstić information content (AvgIpc) is 0. The predicted molar refractivity (Wildman–Crippen MR) is 34.0 cm³/mol. The molecule has 0 N–H and O–H groups in total. The van der Waals surface area contributed by atoms with Crippen LogP contribution in [0.1, 0.15) is 0 Å². The average molecular weight is 548 g/mol. The van der Waals surface area contributed by atoms with Crippen LogP contribution in [0.25, 0.3) is 0 Å². The Bertz CT molecular complexity index is 7.64. The van der Waals surface area contributed by atoms with Crippen molar-refractivity contribution in [2.45, 2.75) is 0 Å². The fraction of sp³-hybridized carbons (Fsp3) is 0. The molecular formula is H12Cu5Ge3. The maximum atomic E-state index is 0. The summed E-state index contributed by atoms with van der Waals surface area (Å²) < 4.78 is 0. The molecule has 0 aromatic carbocycles. The molecule has 0 aliphatic carbocycles. The fourth-order valence-electron chi connectivity index (χ4n) is 0. The molecule has 0 atom stereocenters. The molecule has 0 bridgehead atoms. The van der Waals surface area contributed by atoms with Crippen LogP contribution in [0.2, 0.25) is 0 Å². The van der Waals surface area contributed by atoms with Crippen molar-refractivity contribution in [1.82, 2.24) is 0 Å². The van der Waals surface area contributed by atoms with E-state index >= 15 is 0 Å². The van der Waals surface area contributed by atoms with Gasteiger partial charge in [0.15, 0.2) is 0 Å². The summed E-state index contributed by atoms with van der Waals surface area (Å²) in [6.45, 7) is 0. The van der Waals surface area contributed by atoms with Gasteiger partial charge in [-0.2, -0.15) is 0 Å². The van der Waals surface area contributed by atoms with Crippen molar-refractivity contribution >= 4 is 52.8 Å². The van der Waals surface area contributed by atoms with Gasteiger partial charge in [0.1, 0.15) is 0 Å². The monoisotopic (exact) mass is 549 g/mol. The van der Waals surface area contributed by atoms with Crippen LogP contribution in [0.4, 0.5) is 0 Å². The zero-order valence-electron chi connectivity index (χ0n) is 1.51. The van der Waals surface area contributed by atoms with Gasteiger partial charge in [-0.25, -0.2) is 0 Å². The van der Waals surface area contributed by atoms with E-state index in [-0.39, 0.29) is 138 Å². The SMILES string of the molecule is [Cu].[Cu].[Cu].[Cu].[Cu].[GeH4].[GeH4].[GeH4]. The molecule has 0 aromatic rings. The van der Waals surface area contributed by atoms with Gasteiger partial charge in [0.2, 0.25) is 0 Å². The van der Waals surface area contributed by atoms with Crippen molar-refractivity contribution in [2.75, 3.05) is 0 Å². The Morgan fingerprint density at radius 2 is 0.250 bits per heavy atom. The summed E-state index contributed by atoms with van der Waals surface area (Å²) in [7, 11) is 0. The summed E-state index contributed by atoms with van der Waals surface area (Å²) in [6.07, 6.45) is 0. The Hall–Kier alpha value is 4.23. The molecule has 0 amide bonds. The summed E-state index contributed by atoms with van der Waals surface area (Å²) in [6, 6.07) is 0. The topological polar surface area (TPSA) is 0 Å². The van der Waals surface area contributed by atoms with Gasteiger partial charge in [-0.1, -0.05) is 0 Å². The van der Waals surface area contributed by atoms with Gasteiger partial charge < -0.3 is 0 Å². The van der Waals surface area contributed by atoms with Gasteiger partial charge in [0.05, 0.1) is 0 Å². The Morgan fingerprint density at radius 1 is 0.250 bits per heavy atom. The van der Waals surface area contributed by atoms with Gasteiger partial charge >= 0.3 is 52.8 Å². The normalized spacial score (nSPS) is 0. The van der Waals surface area contributed by atoms with Crippen molar-refractivity contribution < 1.29 is 85.3 Å². The molecule has 5 radical (unpaired) electrons. The molecule has 0 aromatic heterocycles.